The molecule has 5 heteroatoms. The summed E-state index contributed by atoms with van der Waals surface area (Å²) in [6.45, 7) is 2.10. The highest BCUT2D eigenvalue weighted by atomic mass is 16.5. The Morgan fingerprint density at radius 1 is 1.14 bits per heavy atom. The molecule has 2 aliphatic heterocycles. The number of ether oxygens (including phenoxy) is 1. The van der Waals surface area contributed by atoms with Crippen LogP contribution in [0.15, 0.2) is 0 Å². The Morgan fingerprint density at radius 3 is 2.62 bits per heavy atom. The van der Waals surface area contributed by atoms with Gasteiger partial charge in [0.05, 0.1) is 12.5 Å². The van der Waals surface area contributed by atoms with E-state index in [1.165, 1.54) is 26.4 Å². The maximum atomic E-state index is 13.1. The number of carbonyl (C=O) groups is 2. The fourth-order valence-electron chi connectivity index (χ4n) is 4.38. The second kappa shape index (κ2) is 5.85. The first-order valence-corrected chi connectivity index (χ1v) is 8.30. The molecule has 3 rings (SSSR count). The molecule has 118 valence electrons. The topological polar surface area (TPSA) is 49.9 Å². The van der Waals surface area contributed by atoms with E-state index < -0.39 is 0 Å². The van der Waals surface area contributed by atoms with Crippen molar-refractivity contribution in [2.75, 3.05) is 26.7 Å². The minimum Gasteiger partial charge on any atom is -0.453 e. The molecule has 5 nitrogen and oxygen atoms in total. The van der Waals surface area contributed by atoms with Crippen LogP contribution in [0, 0.1) is 5.41 Å². The first-order chi connectivity index (χ1) is 10.2. The molecule has 1 unspecified atom stereocenters. The molecule has 2 amide bonds. The minimum atomic E-state index is -0.329. The first-order valence-electron chi connectivity index (χ1n) is 8.30. The summed E-state index contributed by atoms with van der Waals surface area (Å²) in [6, 6.07) is 0.440. The number of hydrogen-bond acceptors (Lipinski definition) is 3. The van der Waals surface area contributed by atoms with Crippen molar-refractivity contribution in [3.8, 4) is 0 Å². The van der Waals surface area contributed by atoms with Gasteiger partial charge < -0.3 is 14.5 Å². The summed E-state index contributed by atoms with van der Waals surface area (Å²) < 4.78 is 4.81. The monoisotopic (exact) mass is 294 g/mol. The third kappa shape index (κ3) is 2.62. The Kier molecular flexibility index (Phi) is 4.09. The lowest BCUT2D eigenvalue weighted by Crippen LogP contribution is -2.54. The summed E-state index contributed by atoms with van der Waals surface area (Å²) in [5.74, 6) is 0.298. The van der Waals surface area contributed by atoms with Crippen molar-refractivity contribution < 1.29 is 14.3 Å². The number of hydrogen-bond donors (Lipinski definition) is 0. The van der Waals surface area contributed by atoms with Crippen LogP contribution in [0.2, 0.25) is 0 Å². The molecule has 0 aromatic rings. The molecule has 0 radical (unpaired) electrons. The number of amides is 2. The van der Waals surface area contributed by atoms with Gasteiger partial charge in [-0.3, -0.25) is 4.79 Å². The lowest BCUT2D eigenvalue weighted by molar-refractivity contribution is -0.149. The molecule has 1 atom stereocenters. The summed E-state index contributed by atoms with van der Waals surface area (Å²) in [5, 5.41) is 0. The molecular formula is C16H26N2O3. The second-order valence-corrected chi connectivity index (χ2v) is 6.82. The van der Waals surface area contributed by atoms with Crippen LogP contribution < -0.4 is 0 Å². The normalized spacial score (nSPS) is 31.0. The summed E-state index contributed by atoms with van der Waals surface area (Å²) in [5.41, 5.74) is -0.329. The Balaban J connectivity index is 1.71. The fourth-order valence-corrected chi connectivity index (χ4v) is 4.38. The van der Waals surface area contributed by atoms with Crippen molar-refractivity contribution in [3.05, 3.63) is 0 Å². The second-order valence-electron chi connectivity index (χ2n) is 6.82. The maximum Gasteiger partial charge on any atom is 0.409 e. The Morgan fingerprint density at radius 2 is 1.90 bits per heavy atom. The Labute approximate surface area is 126 Å². The molecule has 21 heavy (non-hydrogen) atoms. The van der Waals surface area contributed by atoms with Crippen LogP contribution in [0.25, 0.3) is 0 Å². The molecule has 2 saturated heterocycles. The van der Waals surface area contributed by atoms with Crippen LogP contribution in [0.1, 0.15) is 51.4 Å². The van der Waals surface area contributed by atoms with Crippen LogP contribution in [-0.2, 0) is 9.53 Å². The quantitative estimate of drug-likeness (QED) is 0.746. The molecule has 0 N–H and O–H groups in total. The van der Waals surface area contributed by atoms with Crippen molar-refractivity contribution in [3.63, 3.8) is 0 Å². The number of methoxy groups -OCH3 is 1. The van der Waals surface area contributed by atoms with Gasteiger partial charge >= 0.3 is 6.09 Å². The summed E-state index contributed by atoms with van der Waals surface area (Å²) in [6.07, 6.45) is 8.59. The number of carbonyl (C=O) groups excluding carboxylic acids is 2. The van der Waals surface area contributed by atoms with E-state index in [4.69, 9.17) is 4.74 Å². The maximum absolute atomic E-state index is 13.1. The molecule has 0 bridgehead atoms. The van der Waals surface area contributed by atoms with Gasteiger partial charge in [0, 0.05) is 25.7 Å². The van der Waals surface area contributed by atoms with Gasteiger partial charge in [0.25, 0.3) is 0 Å². The van der Waals surface area contributed by atoms with Gasteiger partial charge in [-0.2, -0.15) is 0 Å². The molecule has 0 aromatic carbocycles. The highest BCUT2D eigenvalue weighted by Gasteiger charge is 2.50. The van der Waals surface area contributed by atoms with Crippen LogP contribution >= 0.6 is 0 Å². The SMILES string of the molecule is COC(=O)N1CCC2(CCCN(C3CCCCC3)C2=O)C1. The van der Waals surface area contributed by atoms with Gasteiger partial charge in [0.15, 0.2) is 0 Å². The largest absolute Gasteiger partial charge is 0.453 e. The first kappa shape index (κ1) is 14.7. The number of piperidine rings is 1. The van der Waals surface area contributed by atoms with Gasteiger partial charge in [0.2, 0.25) is 5.91 Å². The molecule has 1 aliphatic carbocycles. The van der Waals surface area contributed by atoms with E-state index in [1.807, 2.05) is 0 Å². The van der Waals surface area contributed by atoms with Gasteiger partial charge in [-0.15, -0.1) is 0 Å². The predicted molar refractivity (Wildman–Crippen MR) is 78.8 cm³/mol. The smallest absolute Gasteiger partial charge is 0.409 e. The number of likely N-dealkylation sites (tertiary alicyclic amines) is 2. The van der Waals surface area contributed by atoms with E-state index in [0.717, 1.165) is 38.6 Å². The molecule has 3 aliphatic rings. The minimum absolute atomic E-state index is 0.297. The van der Waals surface area contributed by atoms with Crippen molar-refractivity contribution in [1.29, 1.82) is 0 Å². The average Bonchev–Trinajstić information content (AvgIpc) is 2.95. The van der Waals surface area contributed by atoms with E-state index >= 15 is 0 Å². The standard InChI is InChI=1S/C16H26N2O3/c1-21-15(20)17-11-9-16(12-17)8-5-10-18(14(16)19)13-6-3-2-4-7-13/h13H,2-12H2,1H3. The van der Waals surface area contributed by atoms with E-state index in [0.29, 0.717) is 25.0 Å². The molecule has 1 saturated carbocycles. The van der Waals surface area contributed by atoms with Crippen LogP contribution in [0.5, 0.6) is 0 Å². The van der Waals surface area contributed by atoms with Gasteiger partial charge in [-0.25, -0.2) is 4.79 Å². The average molecular weight is 294 g/mol. The van der Waals surface area contributed by atoms with Crippen molar-refractivity contribution in [1.82, 2.24) is 9.80 Å². The molecule has 3 fully saturated rings. The van der Waals surface area contributed by atoms with Gasteiger partial charge in [-0.1, -0.05) is 19.3 Å². The van der Waals surface area contributed by atoms with Crippen molar-refractivity contribution >= 4 is 12.0 Å². The number of nitrogens with zero attached hydrogens (tertiary/aromatic N) is 2. The summed E-state index contributed by atoms with van der Waals surface area (Å²) in [7, 11) is 1.41. The summed E-state index contributed by atoms with van der Waals surface area (Å²) in [4.78, 5) is 28.6. The Hall–Kier alpha value is -1.26. The zero-order chi connectivity index (χ0) is 14.9. The van der Waals surface area contributed by atoms with E-state index in [9.17, 15) is 9.59 Å². The lowest BCUT2D eigenvalue weighted by Gasteiger charge is -2.44. The number of rotatable bonds is 1. The van der Waals surface area contributed by atoms with Crippen molar-refractivity contribution in [2.24, 2.45) is 5.41 Å². The molecular weight excluding hydrogens is 268 g/mol. The Bertz CT molecular complexity index is 420. The fraction of sp³-hybridized carbons (Fsp3) is 0.875. The zero-order valence-electron chi connectivity index (χ0n) is 13.0. The third-order valence-corrected chi connectivity index (χ3v) is 5.57. The highest BCUT2D eigenvalue weighted by molar-refractivity contribution is 5.85. The highest BCUT2D eigenvalue weighted by Crippen LogP contribution is 2.42. The van der Waals surface area contributed by atoms with Crippen LogP contribution in [0.3, 0.4) is 0 Å². The summed E-state index contributed by atoms with van der Waals surface area (Å²) >= 11 is 0. The van der Waals surface area contributed by atoms with E-state index in [1.54, 1.807) is 4.90 Å². The third-order valence-electron chi connectivity index (χ3n) is 5.57. The molecule has 1 spiro atoms. The lowest BCUT2D eigenvalue weighted by atomic mass is 9.77. The zero-order valence-corrected chi connectivity index (χ0v) is 13.0. The van der Waals surface area contributed by atoms with Gasteiger partial charge in [0.1, 0.15) is 0 Å². The van der Waals surface area contributed by atoms with Crippen LogP contribution in [0.4, 0.5) is 4.79 Å². The van der Waals surface area contributed by atoms with Crippen molar-refractivity contribution in [2.45, 2.75) is 57.4 Å². The van der Waals surface area contributed by atoms with E-state index in [2.05, 4.69) is 4.90 Å². The van der Waals surface area contributed by atoms with Gasteiger partial charge in [-0.05, 0) is 32.1 Å². The van der Waals surface area contributed by atoms with Crippen LogP contribution in [-0.4, -0.2) is 54.6 Å². The van der Waals surface area contributed by atoms with E-state index in [-0.39, 0.29) is 11.5 Å². The molecule has 0 aromatic heterocycles. The molecule has 2 heterocycles. The predicted octanol–water partition coefficient (Wildman–Crippen LogP) is 2.40.